The van der Waals surface area contributed by atoms with E-state index < -0.39 is 0 Å². The maximum absolute atomic E-state index is 12.6. The third kappa shape index (κ3) is 2.88. The number of amides is 1. The van der Waals surface area contributed by atoms with Crippen LogP contribution in [0.4, 0.5) is 0 Å². The average Bonchev–Trinajstić information content (AvgIpc) is 3.29. The van der Waals surface area contributed by atoms with Gasteiger partial charge < -0.3 is 9.47 Å². The number of hydrogen-bond acceptors (Lipinski definition) is 4. The summed E-state index contributed by atoms with van der Waals surface area (Å²) in [5.41, 5.74) is 2.86. The first kappa shape index (κ1) is 14.4. The summed E-state index contributed by atoms with van der Waals surface area (Å²) in [5, 5.41) is 6.66. The Bertz CT molecular complexity index is 671. The molecule has 4 rings (SSSR count). The van der Waals surface area contributed by atoms with Crippen LogP contribution in [0.2, 0.25) is 0 Å². The SMILES string of the molecule is O=C(c1ccn[nH]1)N1CCCn2cnc(CN3CCCC3)c2C1. The van der Waals surface area contributed by atoms with Gasteiger partial charge in [-0.1, -0.05) is 0 Å². The van der Waals surface area contributed by atoms with Crippen molar-refractivity contribution in [3.05, 3.63) is 35.7 Å². The molecule has 23 heavy (non-hydrogen) atoms. The minimum absolute atomic E-state index is 0.0178. The predicted molar refractivity (Wildman–Crippen MR) is 84.7 cm³/mol. The Morgan fingerprint density at radius 3 is 2.83 bits per heavy atom. The smallest absolute Gasteiger partial charge is 0.272 e. The number of fused-ring (bicyclic) bond motifs is 1. The van der Waals surface area contributed by atoms with Crippen LogP contribution in [0.1, 0.15) is 41.1 Å². The summed E-state index contributed by atoms with van der Waals surface area (Å²) in [7, 11) is 0. The molecule has 1 fully saturated rings. The van der Waals surface area contributed by atoms with Gasteiger partial charge in [0.05, 0.1) is 24.3 Å². The van der Waals surface area contributed by atoms with Crippen LogP contribution in [0.15, 0.2) is 18.6 Å². The van der Waals surface area contributed by atoms with E-state index in [0.29, 0.717) is 12.2 Å². The Morgan fingerprint density at radius 2 is 2.04 bits per heavy atom. The molecule has 0 bridgehead atoms. The Morgan fingerprint density at radius 1 is 1.17 bits per heavy atom. The van der Waals surface area contributed by atoms with Crippen LogP contribution in [-0.4, -0.2) is 55.1 Å². The number of likely N-dealkylation sites (tertiary alicyclic amines) is 1. The van der Waals surface area contributed by atoms with Gasteiger partial charge in [0, 0.05) is 25.8 Å². The molecule has 2 aromatic heterocycles. The molecule has 7 heteroatoms. The number of rotatable bonds is 3. The van der Waals surface area contributed by atoms with Crippen molar-refractivity contribution >= 4 is 5.91 Å². The Hall–Kier alpha value is -2.15. The molecule has 1 amide bonds. The van der Waals surface area contributed by atoms with E-state index in [9.17, 15) is 4.79 Å². The largest absolute Gasteiger partial charge is 0.333 e. The number of aromatic amines is 1. The van der Waals surface area contributed by atoms with Crippen LogP contribution >= 0.6 is 0 Å². The number of hydrogen-bond donors (Lipinski definition) is 1. The van der Waals surface area contributed by atoms with Gasteiger partial charge in [-0.3, -0.25) is 14.8 Å². The summed E-state index contributed by atoms with van der Waals surface area (Å²) in [6.45, 7) is 5.53. The number of H-pyrrole nitrogens is 1. The summed E-state index contributed by atoms with van der Waals surface area (Å²) in [6.07, 6.45) is 7.06. The normalized spacial score (nSPS) is 18.9. The van der Waals surface area contributed by atoms with Crippen molar-refractivity contribution in [3.63, 3.8) is 0 Å². The highest BCUT2D eigenvalue weighted by Gasteiger charge is 2.25. The minimum atomic E-state index is 0.0178. The van der Waals surface area contributed by atoms with Crippen LogP contribution in [0.3, 0.4) is 0 Å². The van der Waals surface area contributed by atoms with Crippen molar-refractivity contribution in [2.45, 2.75) is 38.9 Å². The summed E-state index contributed by atoms with van der Waals surface area (Å²) in [5.74, 6) is 0.0178. The maximum atomic E-state index is 12.6. The molecule has 1 saturated heterocycles. The molecule has 0 aliphatic carbocycles. The molecular formula is C16H22N6O. The molecule has 0 atom stereocenters. The number of nitrogens with zero attached hydrogens (tertiary/aromatic N) is 5. The predicted octanol–water partition coefficient (Wildman–Crippen LogP) is 1.25. The molecule has 4 heterocycles. The first-order valence-electron chi connectivity index (χ1n) is 8.35. The van der Waals surface area contributed by atoms with Gasteiger partial charge in [-0.2, -0.15) is 5.10 Å². The van der Waals surface area contributed by atoms with Crippen molar-refractivity contribution in [2.24, 2.45) is 0 Å². The lowest BCUT2D eigenvalue weighted by atomic mass is 10.2. The Labute approximate surface area is 135 Å². The van der Waals surface area contributed by atoms with Gasteiger partial charge >= 0.3 is 0 Å². The van der Waals surface area contributed by atoms with Crippen molar-refractivity contribution in [3.8, 4) is 0 Å². The quantitative estimate of drug-likeness (QED) is 0.925. The molecule has 2 aromatic rings. The van der Waals surface area contributed by atoms with E-state index in [4.69, 9.17) is 0 Å². The molecule has 122 valence electrons. The number of imidazole rings is 1. The molecule has 0 spiro atoms. The second kappa shape index (κ2) is 6.16. The molecule has 1 N–H and O–H groups in total. The van der Waals surface area contributed by atoms with Crippen molar-refractivity contribution < 1.29 is 4.79 Å². The van der Waals surface area contributed by atoms with Gasteiger partial charge in [-0.15, -0.1) is 0 Å². The molecule has 0 radical (unpaired) electrons. The van der Waals surface area contributed by atoms with Crippen LogP contribution in [0, 0.1) is 0 Å². The van der Waals surface area contributed by atoms with Gasteiger partial charge in [0.2, 0.25) is 0 Å². The second-order valence-corrected chi connectivity index (χ2v) is 6.37. The van der Waals surface area contributed by atoms with Gasteiger partial charge in [0.15, 0.2) is 0 Å². The second-order valence-electron chi connectivity index (χ2n) is 6.37. The highest BCUT2D eigenvalue weighted by Crippen LogP contribution is 2.20. The zero-order valence-electron chi connectivity index (χ0n) is 13.2. The fourth-order valence-corrected chi connectivity index (χ4v) is 3.52. The summed E-state index contributed by atoms with van der Waals surface area (Å²) < 4.78 is 2.21. The lowest BCUT2D eigenvalue weighted by Crippen LogP contribution is -2.31. The first-order valence-corrected chi connectivity index (χ1v) is 8.35. The lowest BCUT2D eigenvalue weighted by molar-refractivity contribution is 0.0739. The number of aromatic nitrogens is 4. The van der Waals surface area contributed by atoms with Gasteiger partial charge in [-0.25, -0.2) is 4.98 Å². The zero-order chi connectivity index (χ0) is 15.6. The van der Waals surface area contributed by atoms with Crippen LogP contribution in [0.25, 0.3) is 0 Å². The number of nitrogens with one attached hydrogen (secondary N) is 1. The summed E-state index contributed by atoms with van der Waals surface area (Å²) in [4.78, 5) is 21.6. The van der Waals surface area contributed by atoms with Crippen LogP contribution < -0.4 is 0 Å². The van der Waals surface area contributed by atoms with Crippen molar-refractivity contribution in [1.82, 2.24) is 29.5 Å². The number of carbonyl (C=O) groups is 1. The molecule has 7 nitrogen and oxygen atoms in total. The molecular weight excluding hydrogens is 292 g/mol. The molecule has 0 aromatic carbocycles. The van der Waals surface area contributed by atoms with E-state index in [1.165, 1.54) is 18.5 Å². The van der Waals surface area contributed by atoms with E-state index in [2.05, 4.69) is 24.6 Å². The zero-order valence-corrected chi connectivity index (χ0v) is 13.2. The van der Waals surface area contributed by atoms with E-state index in [1.54, 1.807) is 12.3 Å². The van der Waals surface area contributed by atoms with Crippen molar-refractivity contribution in [2.75, 3.05) is 19.6 Å². The van der Waals surface area contributed by atoms with Crippen LogP contribution in [-0.2, 0) is 19.6 Å². The average molecular weight is 314 g/mol. The van der Waals surface area contributed by atoms with Crippen molar-refractivity contribution in [1.29, 1.82) is 0 Å². The molecule has 0 saturated carbocycles. The van der Waals surface area contributed by atoms with E-state index in [0.717, 1.165) is 44.8 Å². The highest BCUT2D eigenvalue weighted by molar-refractivity contribution is 5.92. The summed E-state index contributed by atoms with van der Waals surface area (Å²) in [6, 6.07) is 1.73. The number of carbonyl (C=O) groups excluding carboxylic acids is 1. The maximum Gasteiger partial charge on any atom is 0.272 e. The Balaban J connectivity index is 1.55. The third-order valence-electron chi connectivity index (χ3n) is 4.79. The number of aryl methyl sites for hydroxylation is 1. The molecule has 2 aliphatic heterocycles. The lowest BCUT2D eigenvalue weighted by Gasteiger charge is -2.20. The molecule has 0 unspecified atom stereocenters. The topological polar surface area (TPSA) is 70.0 Å². The minimum Gasteiger partial charge on any atom is -0.333 e. The van der Waals surface area contributed by atoms with Gasteiger partial charge in [-0.05, 0) is 38.4 Å². The summed E-state index contributed by atoms with van der Waals surface area (Å²) >= 11 is 0. The van der Waals surface area contributed by atoms with Gasteiger partial charge in [0.1, 0.15) is 5.69 Å². The highest BCUT2D eigenvalue weighted by atomic mass is 16.2. The fourth-order valence-electron chi connectivity index (χ4n) is 3.52. The third-order valence-corrected chi connectivity index (χ3v) is 4.79. The standard InChI is InChI=1S/C16H22N6O/c23-16(13-4-5-18-19-13)21-8-3-9-22-12-17-14(15(22)11-21)10-20-6-1-2-7-20/h4-5,12H,1-3,6-11H2,(H,18,19). The van der Waals surface area contributed by atoms with Crippen LogP contribution in [0.5, 0.6) is 0 Å². The molecule has 2 aliphatic rings. The monoisotopic (exact) mass is 314 g/mol. The van der Waals surface area contributed by atoms with E-state index >= 15 is 0 Å². The van der Waals surface area contributed by atoms with E-state index in [-0.39, 0.29) is 5.91 Å². The van der Waals surface area contributed by atoms with Gasteiger partial charge in [0.25, 0.3) is 5.91 Å². The fraction of sp³-hybridized carbons (Fsp3) is 0.562. The Kier molecular flexibility index (Phi) is 3.87. The van der Waals surface area contributed by atoms with E-state index in [1.807, 2.05) is 11.2 Å². The first-order chi connectivity index (χ1) is 11.3.